The van der Waals surface area contributed by atoms with Gasteiger partial charge in [0.05, 0.1) is 6.61 Å². The van der Waals surface area contributed by atoms with Crippen molar-refractivity contribution < 1.29 is 14.3 Å². The summed E-state index contributed by atoms with van der Waals surface area (Å²) in [5, 5.41) is 2.65. The van der Waals surface area contributed by atoms with Gasteiger partial charge in [-0.3, -0.25) is 0 Å². The molecular formula is C13H23N3O3. The minimum absolute atomic E-state index is 0.147. The first kappa shape index (κ1) is 15.5. The van der Waals surface area contributed by atoms with E-state index in [1.165, 1.54) is 12.0 Å². The predicted molar refractivity (Wildman–Crippen MR) is 72.5 cm³/mol. The lowest BCUT2D eigenvalue weighted by atomic mass is 9.96. The van der Waals surface area contributed by atoms with Crippen molar-refractivity contribution in [1.29, 1.82) is 0 Å². The first-order chi connectivity index (χ1) is 9.19. The average Bonchev–Trinajstić information content (AvgIpc) is 2.43. The maximum Gasteiger partial charge on any atom is 0.418 e. The highest BCUT2D eigenvalue weighted by Crippen LogP contribution is 2.21. The predicted octanol–water partition coefficient (Wildman–Crippen LogP) is 1.96. The van der Waals surface area contributed by atoms with E-state index in [-0.39, 0.29) is 19.7 Å². The number of nitrogens with two attached hydrogens (primary N) is 1. The van der Waals surface area contributed by atoms with E-state index in [0.717, 1.165) is 30.6 Å². The number of carbonyl (C=O) groups excluding carboxylic acids is 2. The Kier molecular flexibility index (Phi) is 6.95. The zero-order valence-corrected chi connectivity index (χ0v) is 11.5. The van der Waals surface area contributed by atoms with E-state index in [9.17, 15) is 9.59 Å². The standard InChI is InChI=1S/C13H23N3O3/c1-2-19-13(18)16(9-8-14)12(17)15-10-11-6-4-3-5-7-11/h10H,2-9,14H2,1H3,(H,15,17). The van der Waals surface area contributed by atoms with Crippen LogP contribution in [0.2, 0.25) is 0 Å². The van der Waals surface area contributed by atoms with Crippen molar-refractivity contribution in [3.8, 4) is 0 Å². The zero-order chi connectivity index (χ0) is 14.1. The second kappa shape index (κ2) is 8.53. The minimum Gasteiger partial charge on any atom is -0.449 e. The normalized spacial score (nSPS) is 14.7. The minimum atomic E-state index is -0.660. The molecule has 6 heteroatoms. The highest BCUT2D eigenvalue weighted by Gasteiger charge is 2.21. The van der Waals surface area contributed by atoms with Crippen molar-refractivity contribution in [2.24, 2.45) is 5.73 Å². The molecule has 0 radical (unpaired) electrons. The van der Waals surface area contributed by atoms with E-state index < -0.39 is 12.1 Å². The highest BCUT2D eigenvalue weighted by molar-refractivity contribution is 5.91. The Balaban J connectivity index is 2.53. The fourth-order valence-corrected chi connectivity index (χ4v) is 2.00. The van der Waals surface area contributed by atoms with Crippen LogP contribution in [0.25, 0.3) is 0 Å². The number of amides is 3. The first-order valence-electron chi connectivity index (χ1n) is 6.81. The second-order valence-electron chi connectivity index (χ2n) is 4.45. The summed E-state index contributed by atoms with van der Waals surface area (Å²) in [5.41, 5.74) is 6.61. The average molecular weight is 269 g/mol. The Morgan fingerprint density at radius 2 is 2.05 bits per heavy atom. The molecule has 108 valence electrons. The third-order valence-corrected chi connectivity index (χ3v) is 2.98. The van der Waals surface area contributed by atoms with Crippen LogP contribution in [-0.4, -0.2) is 36.7 Å². The molecule has 0 aliphatic heterocycles. The fraction of sp³-hybridized carbons (Fsp3) is 0.692. The third kappa shape index (κ3) is 5.30. The van der Waals surface area contributed by atoms with E-state index in [4.69, 9.17) is 10.5 Å². The van der Waals surface area contributed by atoms with Gasteiger partial charge in [-0.1, -0.05) is 12.0 Å². The number of imide groups is 1. The van der Waals surface area contributed by atoms with Gasteiger partial charge in [-0.15, -0.1) is 0 Å². The number of rotatable bonds is 4. The van der Waals surface area contributed by atoms with Crippen LogP contribution in [-0.2, 0) is 4.74 Å². The van der Waals surface area contributed by atoms with Crippen LogP contribution in [0.15, 0.2) is 11.8 Å². The van der Waals surface area contributed by atoms with Crippen molar-refractivity contribution in [2.45, 2.75) is 39.0 Å². The lowest BCUT2D eigenvalue weighted by Gasteiger charge is -2.19. The number of urea groups is 1. The van der Waals surface area contributed by atoms with Crippen molar-refractivity contribution >= 4 is 12.1 Å². The molecule has 3 N–H and O–H groups in total. The Labute approximate surface area is 114 Å². The first-order valence-corrected chi connectivity index (χ1v) is 6.81. The van der Waals surface area contributed by atoms with Gasteiger partial charge in [0.1, 0.15) is 0 Å². The van der Waals surface area contributed by atoms with Gasteiger partial charge < -0.3 is 15.8 Å². The molecule has 6 nitrogen and oxygen atoms in total. The summed E-state index contributed by atoms with van der Waals surface area (Å²) in [4.78, 5) is 24.5. The van der Waals surface area contributed by atoms with Gasteiger partial charge in [0.2, 0.25) is 0 Å². The van der Waals surface area contributed by atoms with Crippen LogP contribution in [0, 0.1) is 0 Å². The molecule has 1 fully saturated rings. The summed E-state index contributed by atoms with van der Waals surface area (Å²) in [6.45, 7) is 2.28. The number of hydrogen-bond acceptors (Lipinski definition) is 4. The molecule has 0 bridgehead atoms. The lowest BCUT2D eigenvalue weighted by molar-refractivity contribution is 0.116. The summed E-state index contributed by atoms with van der Waals surface area (Å²) < 4.78 is 4.82. The zero-order valence-electron chi connectivity index (χ0n) is 11.5. The molecule has 1 aliphatic rings. The third-order valence-electron chi connectivity index (χ3n) is 2.98. The molecule has 0 unspecified atom stereocenters. The Hall–Kier alpha value is -1.56. The van der Waals surface area contributed by atoms with Gasteiger partial charge in [-0.2, -0.15) is 0 Å². The van der Waals surface area contributed by atoms with Crippen molar-refractivity contribution in [1.82, 2.24) is 10.2 Å². The van der Waals surface area contributed by atoms with Crippen LogP contribution in [0.4, 0.5) is 9.59 Å². The van der Waals surface area contributed by atoms with Crippen LogP contribution in [0.5, 0.6) is 0 Å². The van der Waals surface area contributed by atoms with E-state index >= 15 is 0 Å². The van der Waals surface area contributed by atoms with E-state index in [2.05, 4.69) is 5.32 Å². The van der Waals surface area contributed by atoms with E-state index in [1.807, 2.05) is 0 Å². The smallest absolute Gasteiger partial charge is 0.418 e. The van der Waals surface area contributed by atoms with Crippen molar-refractivity contribution in [2.75, 3.05) is 19.7 Å². The topological polar surface area (TPSA) is 84.7 Å². The SMILES string of the molecule is CCOC(=O)N(CCN)C(=O)NC=C1CCCCC1. The largest absolute Gasteiger partial charge is 0.449 e. The summed E-state index contributed by atoms with van der Waals surface area (Å²) in [6.07, 6.45) is 6.63. The molecule has 3 amide bonds. The van der Waals surface area contributed by atoms with Gasteiger partial charge in [0, 0.05) is 19.3 Å². The molecule has 0 saturated heterocycles. The fourth-order valence-electron chi connectivity index (χ4n) is 2.00. The molecule has 0 atom stereocenters. The molecule has 0 aromatic carbocycles. The molecule has 0 aromatic heterocycles. The Morgan fingerprint density at radius 3 is 2.63 bits per heavy atom. The van der Waals surface area contributed by atoms with Crippen LogP contribution < -0.4 is 11.1 Å². The number of nitrogens with one attached hydrogen (secondary N) is 1. The van der Waals surface area contributed by atoms with Crippen molar-refractivity contribution in [3.05, 3.63) is 11.8 Å². The molecule has 19 heavy (non-hydrogen) atoms. The van der Waals surface area contributed by atoms with Gasteiger partial charge in [0.25, 0.3) is 0 Å². The molecule has 0 heterocycles. The van der Waals surface area contributed by atoms with Gasteiger partial charge in [-0.05, 0) is 32.6 Å². The molecule has 1 saturated carbocycles. The molecule has 1 rings (SSSR count). The number of allylic oxidation sites excluding steroid dienone is 1. The maximum atomic E-state index is 11.9. The van der Waals surface area contributed by atoms with Crippen LogP contribution in [0.1, 0.15) is 39.0 Å². The number of hydrogen-bond donors (Lipinski definition) is 2. The van der Waals surface area contributed by atoms with E-state index in [1.54, 1.807) is 13.1 Å². The number of ether oxygens (including phenoxy) is 1. The Bertz CT molecular complexity index is 334. The molecule has 0 aromatic rings. The number of carbonyl (C=O) groups is 2. The number of nitrogens with zero attached hydrogens (tertiary/aromatic N) is 1. The molecular weight excluding hydrogens is 246 g/mol. The monoisotopic (exact) mass is 269 g/mol. The summed E-state index contributed by atoms with van der Waals surface area (Å²) in [6, 6.07) is -0.484. The van der Waals surface area contributed by atoms with Crippen LogP contribution in [0.3, 0.4) is 0 Å². The maximum absolute atomic E-state index is 11.9. The Morgan fingerprint density at radius 1 is 1.37 bits per heavy atom. The summed E-state index contributed by atoms with van der Waals surface area (Å²) in [7, 11) is 0. The lowest BCUT2D eigenvalue weighted by Crippen LogP contribution is -2.45. The van der Waals surface area contributed by atoms with Crippen LogP contribution >= 0.6 is 0 Å². The highest BCUT2D eigenvalue weighted by atomic mass is 16.6. The summed E-state index contributed by atoms with van der Waals surface area (Å²) >= 11 is 0. The van der Waals surface area contributed by atoms with Gasteiger partial charge >= 0.3 is 12.1 Å². The quantitative estimate of drug-likeness (QED) is 0.817. The second-order valence-corrected chi connectivity index (χ2v) is 4.45. The summed E-state index contributed by atoms with van der Waals surface area (Å²) in [5.74, 6) is 0. The van der Waals surface area contributed by atoms with Crippen molar-refractivity contribution in [3.63, 3.8) is 0 Å². The molecule has 0 spiro atoms. The van der Waals surface area contributed by atoms with Gasteiger partial charge in [0.15, 0.2) is 0 Å². The van der Waals surface area contributed by atoms with Gasteiger partial charge in [-0.25, -0.2) is 14.5 Å². The molecule has 1 aliphatic carbocycles. The van der Waals surface area contributed by atoms with E-state index in [0.29, 0.717) is 0 Å².